The molecule has 2 unspecified atom stereocenters. The standard InChI is InChI=1S/C55H49N3/c1-55(2,3)40-26-41(32-10-6-4-7-11-32)48(42(27-40)33-12-8-5-9-13-33)37-23-43-51-45(25-39(28-56)47-34-14-16-35(17-15-34)49(47)51)58-46-29-57-53-38-21-30-18-31(22-38)20-36(19-30)50(53)52(46)44(24-37)54(43)58/h4-13,23-27,29-31,34-36,38H,14-22H2,1-3H3. The van der Waals surface area contributed by atoms with E-state index in [1.54, 1.807) is 5.56 Å². The molecule has 0 amide bonds. The summed E-state index contributed by atoms with van der Waals surface area (Å²) in [5, 5.41) is 16.4. The molecule has 6 bridgehead atoms. The number of fused-ring (bicyclic) bond motifs is 8. The number of benzene rings is 5. The van der Waals surface area contributed by atoms with Crippen LogP contribution in [0, 0.1) is 23.2 Å². The van der Waals surface area contributed by atoms with Crippen molar-refractivity contribution in [1.82, 2.24) is 9.38 Å². The van der Waals surface area contributed by atoms with Crippen LogP contribution in [-0.4, -0.2) is 9.38 Å². The zero-order valence-electron chi connectivity index (χ0n) is 33.9. The van der Waals surface area contributed by atoms with Gasteiger partial charge in [-0.05, 0) is 179 Å². The van der Waals surface area contributed by atoms with Crippen molar-refractivity contribution in [2.75, 3.05) is 0 Å². The largest absolute Gasteiger partial charge is 0.306 e. The van der Waals surface area contributed by atoms with Crippen LogP contribution in [-0.2, 0) is 5.41 Å². The van der Waals surface area contributed by atoms with E-state index in [1.165, 1.54) is 152 Å². The lowest BCUT2D eigenvalue weighted by molar-refractivity contribution is 0.165. The predicted molar refractivity (Wildman–Crippen MR) is 238 cm³/mol. The van der Waals surface area contributed by atoms with Gasteiger partial charge in [0.25, 0.3) is 0 Å². The van der Waals surface area contributed by atoms with Crippen molar-refractivity contribution < 1.29 is 0 Å². The zero-order chi connectivity index (χ0) is 38.6. The fraction of sp³-hybridized carbons (Fsp3) is 0.345. The van der Waals surface area contributed by atoms with Crippen molar-refractivity contribution >= 4 is 38.1 Å². The molecule has 3 nitrogen and oxygen atoms in total. The Hall–Kier alpha value is -5.46. The van der Waals surface area contributed by atoms with E-state index in [2.05, 4.69) is 128 Å². The summed E-state index contributed by atoms with van der Waals surface area (Å²) in [5.74, 6) is 3.76. The molecule has 3 heterocycles. The van der Waals surface area contributed by atoms with Crippen LogP contribution in [0.25, 0.3) is 71.5 Å². The number of nitrogens with zero attached hydrogens (tertiary/aromatic N) is 3. The van der Waals surface area contributed by atoms with Crippen LogP contribution in [0.2, 0.25) is 0 Å². The smallest absolute Gasteiger partial charge is 0.0995 e. The molecular formula is C55H49N3. The summed E-state index contributed by atoms with van der Waals surface area (Å²) >= 11 is 0. The maximum absolute atomic E-state index is 10.8. The van der Waals surface area contributed by atoms with Crippen LogP contribution < -0.4 is 0 Å². The highest BCUT2D eigenvalue weighted by Gasteiger charge is 2.45. The highest BCUT2D eigenvalue weighted by atomic mass is 14.9. The van der Waals surface area contributed by atoms with Crippen molar-refractivity contribution in [3.63, 3.8) is 0 Å². The van der Waals surface area contributed by atoms with Gasteiger partial charge < -0.3 is 4.40 Å². The van der Waals surface area contributed by atoms with Gasteiger partial charge in [0.05, 0.1) is 34.4 Å². The molecule has 0 N–H and O–H groups in total. The second-order valence-electron chi connectivity index (χ2n) is 20.1. The van der Waals surface area contributed by atoms with Crippen LogP contribution in [0.3, 0.4) is 0 Å². The third-order valence-corrected chi connectivity index (χ3v) is 15.9. The van der Waals surface area contributed by atoms with Crippen LogP contribution in [0.1, 0.15) is 136 Å². The number of nitriles is 1. The minimum atomic E-state index is -0.0318. The molecule has 0 radical (unpaired) electrons. The van der Waals surface area contributed by atoms with E-state index in [-0.39, 0.29) is 5.41 Å². The first kappa shape index (κ1) is 33.5. The Bertz CT molecular complexity index is 2980. The molecule has 3 saturated carbocycles. The maximum atomic E-state index is 10.8. The van der Waals surface area contributed by atoms with Crippen molar-refractivity contribution in [3.05, 3.63) is 131 Å². The maximum Gasteiger partial charge on any atom is 0.0995 e. The minimum absolute atomic E-state index is 0.0318. The van der Waals surface area contributed by atoms with E-state index in [4.69, 9.17) is 4.98 Å². The SMILES string of the molecule is CC(C)(C)c1cc(-c2ccccc2)c(-c2cc3c4c5c(ncc4n4c6cc(C#N)c7c(c6c(c2)c34)C2CCC7CC2)C2CC3CC(C2)CC5C3)c(-c2ccccc2)c1. The summed E-state index contributed by atoms with van der Waals surface area (Å²) in [6.07, 6.45) is 13.7. The third kappa shape index (κ3) is 4.53. The number of hydrogen-bond acceptors (Lipinski definition) is 2. The fourth-order valence-corrected chi connectivity index (χ4v) is 13.7. The van der Waals surface area contributed by atoms with Gasteiger partial charge in [0.2, 0.25) is 0 Å². The Balaban J connectivity index is 1.23. The number of hydrogen-bond donors (Lipinski definition) is 0. The van der Waals surface area contributed by atoms with Crippen LogP contribution in [0.5, 0.6) is 0 Å². The van der Waals surface area contributed by atoms with Crippen molar-refractivity contribution in [2.45, 2.75) is 108 Å². The summed E-state index contributed by atoms with van der Waals surface area (Å²) in [4.78, 5) is 5.51. The number of aromatic nitrogens is 2. The Morgan fingerprint density at radius 2 is 1.17 bits per heavy atom. The Morgan fingerprint density at radius 1 is 0.603 bits per heavy atom. The Morgan fingerprint density at radius 3 is 1.76 bits per heavy atom. The quantitative estimate of drug-likeness (QED) is 0.180. The summed E-state index contributed by atoms with van der Waals surface area (Å²) in [6.45, 7) is 7.03. The van der Waals surface area contributed by atoms with E-state index in [1.807, 2.05) is 0 Å². The van der Waals surface area contributed by atoms with Crippen molar-refractivity contribution in [3.8, 4) is 39.4 Å². The molecular weight excluding hydrogens is 703 g/mol. The van der Waals surface area contributed by atoms with Gasteiger partial charge in [-0.2, -0.15) is 5.26 Å². The zero-order valence-corrected chi connectivity index (χ0v) is 33.9. The monoisotopic (exact) mass is 751 g/mol. The molecule has 58 heavy (non-hydrogen) atoms. The van der Waals surface area contributed by atoms with Crippen LogP contribution in [0.4, 0.5) is 0 Å². The van der Waals surface area contributed by atoms with Gasteiger partial charge in [0.15, 0.2) is 0 Å². The lowest BCUT2D eigenvalue weighted by Crippen LogP contribution is -2.25. The van der Waals surface area contributed by atoms with E-state index in [0.717, 1.165) is 17.4 Å². The topological polar surface area (TPSA) is 41.1 Å². The lowest BCUT2D eigenvalue weighted by atomic mass is 9.65. The first-order chi connectivity index (χ1) is 28.3. The van der Waals surface area contributed by atoms with Crippen molar-refractivity contribution in [1.29, 1.82) is 5.26 Å². The average Bonchev–Trinajstić information content (AvgIpc) is 3.70. The molecule has 3 fully saturated rings. The van der Waals surface area contributed by atoms with Crippen LogP contribution >= 0.6 is 0 Å². The summed E-state index contributed by atoms with van der Waals surface area (Å²) < 4.78 is 2.57. The first-order valence-corrected chi connectivity index (χ1v) is 22.2. The van der Waals surface area contributed by atoms with E-state index >= 15 is 0 Å². The highest BCUT2D eigenvalue weighted by molar-refractivity contribution is 6.26. The van der Waals surface area contributed by atoms with Gasteiger partial charge in [0, 0.05) is 33.2 Å². The van der Waals surface area contributed by atoms with Crippen LogP contribution in [0.15, 0.2) is 97.2 Å². The molecule has 15 rings (SSSR count). The second kappa shape index (κ2) is 11.8. The molecule has 3 aromatic heterocycles. The van der Waals surface area contributed by atoms with Gasteiger partial charge in [-0.15, -0.1) is 0 Å². The minimum Gasteiger partial charge on any atom is -0.306 e. The molecule has 7 aliphatic carbocycles. The summed E-state index contributed by atoms with van der Waals surface area (Å²) in [5.41, 5.74) is 19.5. The second-order valence-corrected chi connectivity index (χ2v) is 20.1. The molecule has 0 spiro atoms. The average molecular weight is 752 g/mol. The Kier molecular flexibility index (Phi) is 6.83. The summed E-state index contributed by atoms with van der Waals surface area (Å²) in [7, 11) is 0. The first-order valence-electron chi connectivity index (χ1n) is 22.2. The van der Waals surface area contributed by atoms with Gasteiger partial charge in [-0.25, -0.2) is 0 Å². The van der Waals surface area contributed by atoms with E-state index in [0.29, 0.717) is 23.7 Å². The summed E-state index contributed by atoms with van der Waals surface area (Å²) in [6, 6.07) is 37.4. The molecule has 5 aromatic carbocycles. The third-order valence-electron chi connectivity index (χ3n) is 15.9. The predicted octanol–water partition coefficient (Wildman–Crippen LogP) is 14.5. The van der Waals surface area contributed by atoms with Crippen molar-refractivity contribution in [2.24, 2.45) is 11.8 Å². The lowest BCUT2D eigenvalue weighted by Gasteiger charge is -2.39. The van der Waals surface area contributed by atoms with E-state index in [9.17, 15) is 5.26 Å². The molecule has 7 aliphatic rings. The molecule has 2 atom stereocenters. The molecule has 8 aromatic rings. The normalized spacial score (nSPS) is 24.5. The van der Waals surface area contributed by atoms with Gasteiger partial charge in [0.1, 0.15) is 0 Å². The highest BCUT2D eigenvalue weighted by Crippen LogP contribution is 2.60. The fourth-order valence-electron chi connectivity index (χ4n) is 13.7. The van der Waals surface area contributed by atoms with Gasteiger partial charge in [-0.3, -0.25) is 4.98 Å². The molecule has 3 heteroatoms. The van der Waals surface area contributed by atoms with Gasteiger partial charge >= 0.3 is 0 Å². The molecule has 0 aliphatic heterocycles. The number of pyridine rings is 1. The Labute approximate surface area is 341 Å². The molecule has 284 valence electrons. The van der Waals surface area contributed by atoms with E-state index < -0.39 is 0 Å². The number of rotatable bonds is 3. The molecule has 0 saturated heterocycles. The van der Waals surface area contributed by atoms with Gasteiger partial charge in [-0.1, -0.05) is 81.4 Å².